The molecule has 20 heavy (non-hydrogen) atoms. The molecule has 0 aliphatic rings. The number of hydrazone groups is 1. The third-order valence-corrected chi connectivity index (χ3v) is 3.75. The minimum absolute atomic E-state index is 0.228. The van der Waals surface area contributed by atoms with E-state index in [-0.39, 0.29) is 5.91 Å². The predicted octanol–water partition coefficient (Wildman–Crippen LogP) is 3.83. The van der Waals surface area contributed by atoms with Gasteiger partial charge in [0.15, 0.2) is 0 Å². The van der Waals surface area contributed by atoms with Crippen molar-refractivity contribution >= 4 is 28.1 Å². The second-order valence-corrected chi connectivity index (χ2v) is 5.43. The Morgan fingerprint density at radius 2 is 1.85 bits per heavy atom. The normalized spacial score (nSPS) is 10.8. The Morgan fingerprint density at radius 3 is 2.50 bits per heavy atom. The summed E-state index contributed by atoms with van der Waals surface area (Å²) in [7, 11) is 0. The van der Waals surface area contributed by atoms with Crippen LogP contribution in [0.1, 0.15) is 27.0 Å². The van der Waals surface area contributed by atoms with Crippen LogP contribution >= 0.6 is 15.9 Å². The van der Waals surface area contributed by atoms with Gasteiger partial charge in [0.05, 0.1) is 6.21 Å². The molecule has 0 saturated carbocycles. The molecular formula is C16H15BrN2O. The average Bonchev–Trinajstić information content (AvgIpc) is 2.44. The average molecular weight is 331 g/mol. The number of hydrogen-bond donors (Lipinski definition) is 1. The third-order valence-electron chi connectivity index (χ3n) is 2.89. The molecule has 1 amide bonds. The first-order chi connectivity index (χ1) is 9.56. The van der Waals surface area contributed by atoms with Crippen molar-refractivity contribution in [2.75, 3.05) is 0 Å². The summed E-state index contributed by atoms with van der Waals surface area (Å²) in [5.74, 6) is -0.228. The van der Waals surface area contributed by atoms with Gasteiger partial charge in [0.25, 0.3) is 5.91 Å². The number of nitrogens with one attached hydrogen (secondary N) is 1. The SMILES string of the molecule is Cc1ccc(C=NNC(=O)c2ccc(C)c(Br)c2)cc1. The molecule has 2 aromatic rings. The quantitative estimate of drug-likeness (QED) is 0.674. The first kappa shape index (κ1) is 14.5. The van der Waals surface area contributed by atoms with Crippen molar-refractivity contribution in [1.82, 2.24) is 5.43 Å². The fraction of sp³-hybridized carbons (Fsp3) is 0.125. The topological polar surface area (TPSA) is 41.5 Å². The number of nitrogens with zero attached hydrogens (tertiary/aromatic N) is 1. The lowest BCUT2D eigenvalue weighted by Crippen LogP contribution is -2.17. The van der Waals surface area contributed by atoms with Crippen LogP contribution in [0.15, 0.2) is 52.0 Å². The molecule has 4 heteroatoms. The summed E-state index contributed by atoms with van der Waals surface area (Å²) in [6.45, 7) is 4.00. The summed E-state index contributed by atoms with van der Waals surface area (Å²) in [4.78, 5) is 11.9. The summed E-state index contributed by atoms with van der Waals surface area (Å²) in [6, 6.07) is 13.4. The molecule has 0 fully saturated rings. The Bertz CT molecular complexity index is 648. The van der Waals surface area contributed by atoms with E-state index in [0.717, 1.165) is 15.6 Å². The van der Waals surface area contributed by atoms with E-state index >= 15 is 0 Å². The standard InChI is InChI=1S/C16H15BrN2O/c1-11-3-6-13(7-4-11)10-18-19-16(20)14-8-5-12(2)15(17)9-14/h3-10H,1-2H3,(H,19,20). The van der Waals surface area contributed by atoms with Crippen molar-refractivity contribution < 1.29 is 4.79 Å². The molecule has 102 valence electrons. The van der Waals surface area contributed by atoms with Crippen LogP contribution in [-0.4, -0.2) is 12.1 Å². The van der Waals surface area contributed by atoms with E-state index < -0.39 is 0 Å². The molecule has 0 atom stereocenters. The van der Waals surface area contributed by atoms with Crippen LogP contribution in [0.3, 0.4) is 0 Å². The van der Waals surface area contributed by atoms with Crippen LogP contribution in [0.5, 0.6) is 0 Å². The van der Waals surface area contributed by atoms with E-state index in [1.807, 2.05) is 44.2 Å². The number of halogens is 1. The van der Waals surface area contributed by atoms with Crippen molar-refractivity contribution in [2.24, 2.45) is 5.10 Å². The Hall–Kier alpha value is -1.94. The van der Waals surface area contributed by atoms with E-state index in [0.29, 0.717) is 5.56 Å². The summed E-state index contributed by atoms with van der Waals surface area (Å²) in [5.41, 5.74) is 6.31. The fourth-order valence-electron chi connectivity index (χ4n) is 1.62. The van der Waals surface area contributed by atoms with Gasteiger partial charge < -0.3 is 0 Å². The first-order valence-electron chi connectivity index (χ1n) is 6.22. The number of aryl methyl sites for hydroxylation is 2. The molecule has 0 heterocycles. The second kappa shape index (κ2) is 6.48. The van der Waals surface area contributed by atoms with Gasteiger partial charge in [-0.15, -0.1) is 0 Å². The minimum Gasteiger partial charge on any atom is -0.267 e. The molecule has 0 aliphatic heterocycles. The van der Waals surface area contributed by atoms with Gasteiger partial charge >= 0.3 is 0 Å². The Labute approximate surface area is 126 Å². The molecular weight excluding hydrogens is 316 g/mol. The van der Waals surface area contributed by atoms with Crippen LogP contribution in [0.2, 0.25) is 0 Å². The maximum atomic E-state index is 11.9. The van der Waals surface area contributed by atoms with Crippen molar-refractivity contribution in [3.05, 3.63) is 69.2 Å². The molecule has 0 radical (unpaired) electrons. The van der Waals surface area contributed by atoms with Gasteiger partial charge in [0.2, 0.25) is 0 Å². The highest BCUT2D eigenvalue weighted by Crippen LogP contribution is 2.17. The van der Waals surface area contributed by atoms with Crippen LogP contribution in [0.4, 0.5) is 0 Å². The summed E-state index contributed by atoms with van der Waals surface area (Å²) < 4.78 is 0.910. The maximum Gasteiger partial charge on any atom is 0.271 e. The highest BCUT2D eigenvalue weighted by molar-refractivity contribution is 9.10. The number of carbonyl (C=O) groups is 1. The van der Waals surface area contributed by atoms with Gasteiger partial charge in [-0.3, -0.25) is 4.79 Å². The number of rotatable bonds is 3. The molecule has 0 bridgehead atoms. The van der Waals surface area contributed by atoms with Gasteiger partial charge in [-0.05, 0) is 37.1 Å². The largest absolute Gasteiger partial charge is 0.271 e. The fourth-order valence-corrected chi connectivity index (χ4v) is 2.00. The molecule has 0 saturated heterocycles. The van der Waals surface area contributed by atoms with Gasteiger partial charge in [0.1, 0.15) is 0 Å². The maximum absolute atomic E-state index is 11.9. The number of benzene rings is 2. The highest BCUT2D eigenvalue weighted by atomic mass is 79.9. The monoisotopic (exact) mass is 330 g/mol. The minimum atomic E-state index is -0.228. The molecule has 0 aliphatic carbocycles. The van der Waals surface area contributed by atoms with Gasteiger partial charge in [-0.2, -0.15) is 5.10 Å². The Balaban J connectivity index is 2.01. The summed E-state index contributed by atoms with van der Waals surface area (Å²) >= 11 is 3.41. The van der Waals surface area contributed by atoms with Crippen LogP contribution < -0.4 is 5.43 Å². The molecule has 1 N–H and O–H groups in total. The third kappa shape index (κ3) is 3.78. The lowest BCUT2D eigenvalue weighted by atomic mass is 10.1. The molecule has 3 nitrogen and oxygen atoms in total. The van der Waals surface area contributed by atoms with Crippen LogP contribution in [-0.2, 0) is 0 Å². The number of hydrogen-bond acceptors (Lipinski definition) is 2. The Morgan fingerprint density at radius 1 is 1.15 bits per heavy atom. The second-order valence-electron chi connectivity index (χ2n) is 4.57. The zero-order chi connectivity index (χ0) is 14.5. The lowest BCUT2D eigenvalue weighted by Gasteiger charge is -2.02. The van der Waals surface area contributed by atoms with Crippen LogP contribution in [0, 0.1) is 13.8 Å². The summed E-state index contributed by atoms with van der Waals surface area (Å²) in [6.07, 6.45) is 1.63. The zero-order valence-corrected chi connectivity index (χ0v) is 12.9. The Kier molecular flexibility index (Phi) is 4.69. The highest BCUT2D eigenvalue weighted by Gasteiger charge is 2.05. The van der Waals surface area contributed by atoms with Crippen molar-refractivity contribution in [3.8, 4) is 0 Å². The molecule has 2 rings (SSSR count). The van der Waals surface area contributed by atoms with E-state index in [2.05, 4.69) is 26.5 Å². The smallest absolute Gasteiger partial charge is 0.267 e. The van der Waals surface area contributed by atoms with Crippen LogP contribution in [0.25, 0.3) is 0 Å². The van der Waals surface area contributed by atoms with E-state index in [1.165, 1.54) is 5.56 Å². The van der Waals surface area contributed by atoms with E-state index in [9.17, 15) is 4.79 Å². The molecule has 2 aromatic carbocycles. The van der Waals surface area contributed by atoms with E-state index in [1.54, 1.807) is 18.3 Å². The van der Waals surface area contributed by atoms with Crippen molar-refractivity contribution in [3.63, 3.8) is 0 Å². The predicted molar refractivity (Wildman–Crippen MR) is 85.1 cm³/mol. The molecule has 0 unspecified atom stereocenters. The van der Waals surface area contributed by atoms with Gasteiger partial charge in [-0.1, -0.05) is 51.8 Å². The van der Waals surface area contributed by atoms with E-state index in [4.69, 9.17) is 0 Å². The van der Waals surface area contributed by atoms with Gasteiger partial charge in [-0.25, -0.2) is 5.43 Å². The first-order valence-corrected chi connectivity index (χ1v) is 7.02. The number of carbonyl (C=O) groups excluding carboxylic acids is 1. The van der Waals surface area contributed by atoms with Crippen molar-refractivity contribution in [1.29, 1.82) is 0 Å². The molecule has 0 aromatic heterocycles. The van der Waals surface area contributed by atoms with Gasteiger partial charge in [0, 0.05) is 10.0 Å². The summed E-state index contributed by atoms with van der Waals surface area (Å²) in [5, 5.41) is 3.96. The lowest BCUT2D eigenvalue weighted by molar-refractivity contribution is 0.0955. The number of amides is 1. The molecule has 0 spiro atoms. The van der Waals surface area contributed by atoms with Crippen molar-refractivity contribution in [2.45, 2.75) is 13.8 Å². The zero-order valence-electron chi connectivity index (χ0n) is 11.4.